The molecule has 0 saturated heterocycles. The van der Waals surface area contributed by atoms with Gasteiger partial charge >= 0.3 is 0 Å². The molecule has 0 aromatic rings. The number of hydrogen-bond donors (Lipinski definition) is 0. The highest BCUT2D eigenvalue weighted by Crippen LogP contribution is 2.75. The van der Waals surface area contributed by atoms with Crippen LogP contribution in [-0.4, -0.2) is 5.66 Å². The summed E-state index contributed by atoms with van der Waals surface area (Å²) < 4.78 is 0. The van der Waals surface area contributed by atoms with E-state index in [2.05, 4.69) is 49.6 Å². The highest BCUT2D eigenvalue weighted by atomic mass is 31.0. The van der Waals surface area contributed by atoms with Crippen molar-refractivity contribution >= 4 is 9.24 Å². The van der Waals surface area contributed by atoms with Crippen molar-refractivity contribution in [2.45, 2.75) is 91.1 Å². The zero-order chi connectivity index (χ0) is 17.4. The van der Waals surface area contributed by atoms with Crippen LogP contribution in [0.5, 0.6) is 0 Å². The molecule has 0 spiro atoms. The van der Waals surface area contributed by atoms with Crippen LogP contribution >= 0.6 is 9.24 Å². The molecule has 7 atom stereocenters. The Morgan fingerprint density at radius 3 is 2.50 bits per heavy atom. The van der Waals surface area contributed by atoms with Gasteiger partial charge in [-0.05, 0) is 84.6 Å². The van der Waals surface area contributed by atoms with Crippen LogP contribution in [0.3, 0.4) is 0 Å². The molecule has 3 fully saturated rings. The average molecular weight is 345 g/mol. The van der Waals surface area contributed by atoms with Crippen molar-refractivity contribution < 1.29 is 0 Å². The van der Waals surface area contributed by atoms with Gasteiger partial charge in [0.05, 0.1) is 0 Å². The van der Waals surface area contributed by atoms with E-state index in [1.165, 1.54) is 63.4 Å². The largest absolute Gasteiger partial charge is 0.134 e. The summed E-state index contributed by atoms with van der Waals surface area (Å²) >= 11 is 0. The minimum absolute atomic E-state index is 0.394. The fraction of sp³-hybridized carbons (Fsp3) is 0.826. The first-order chi connectivity index (χ1) is 11.2. The van der Waals surface area contributed by atoms with Gasteiger partial charge in [0.25, 0.3) is 0 Å². The zero-order valence-electron chi connectivity index (χ0n) is 16.4. The van der Waals surface area contributed by atoms with Crippen LogP contribution < -0.4 is 0 Å². The van der Waals surface area contributed by atoms with Gasteiger partial charge in [0, 0.05) is 0 Å². The molecule has 4 rings (SSSR count). The van der Waals surface area contributed by atoms with E-state index >= 15 is 0 Å². The first-order valence-electron chi connectivity index (χ1n) is 10.3. The molecular weight excluding hydrogens is 307 g/mol. The molecule has 0 aliphatic heterocycles. The monoisotopic (exact) mass is 344 g/mol. The van der Waals surface area contributed by atoms with Gasteiger partial charge in [0.15, 0.2) is 0 Å². The van der Waals surface area contributed by atoms with E-state index in [1.807, 2.05) is 0 Å². The Hall–Kier alpha value is -0.0900. The predicted octanol–water partition coefficient (Wildman–Crippen LogP) is 6.92. The molecule has 4 aliphatic carbocycles. The maximum absolute atomic E-state index is 4.29. The third kappa shape index (κ3) is 1.91. The summed E-state index contributed by atoms with van der Waals surface area (Å²) in [7, 11) is 3.24. The molecule has 0 amide bonds. The lowest BCUT2D eigenvalue weighted by atomic mass is 9.39. The van der Waals surface area contributed by atoms with Crippen molar-refractivity contribution in [2.75, 3.05) is 0 Å². The van der Waals surface area contributed by atoms with Crippen LogP contribution in [0, 0.1) is 27.6 Å². The second kappa shape index (κ2) is 5.22. The Balaban J connectivity index is 1.86. The molecule has 6 unspecified atom stereocenters. The minimum Gasteiger partial charge on any atom is -0.134 e. The normalized spacial score (nSPS) is 54.4. The van der Waals surface area contributed by atoms with Crippen LogP contribution in [0.4, 0.5) is 0 Å². The zero-order valence-corrected chi connectivity index (χ0v) is 17.5. The topological polar surface area (TPSA) is 0 Å². The molecule has 134 valence electrons. The SMILES string of the molecule is C=C1C=C2CCC3(C)[C@@H]4CCC(P)C4(C)CCCC3(C)C2(C)CC1. The van der Waals surface area contributed by atoms with E-state index in [4.69, 9.17) is 0 Å². The third-order valence-corrected chi connectivity index (χ3v) is 11.1. The molecule has 0 nitrogen and oxygen atoms in total. The van der Waals surface area contributed by atoms with E-state index in [1.54, 1.807) is 5.57 Å². The fourth-order valence-corrected chi connectivity index (χ4v) is 8.53. The lowest BCUT2D eigenvalue weighted by molar-refractivity contribution is -0.121. The molecule has 0 N–H and O–H groups in total. The van der Waals surface area contributed by atoms with Crippen LogP contribution in [0.1, 0.15) is 85.5 Å². The van der Waals surface area contributed by atoms with Gasteiger partial charge in [-0.3, -0.25) is 0 Å². The van der Waals surface area contributed by atoms with Crippen LogP contribution in [0.2, 0.25) is 0 Å². The fourth-order valence-electron chi connectivity index (χ4n) is 7.94. The molecule has 0 aromatic heterocycles. The molecular formula is C23H37P. The highest BCUT2D eigenvalue weighted by Gasteiger charge is 2.66. The summed E-state index contributed by atoms with van der Waals surface area (Å²) in [5.74, 6) is 0.906. The highest BCUT2D eigenvalue weighted by molar-refractivity contribution is 7.17. The number of fused-ring (bicyclic) bond motifs is 5. The molecule has 4 aliphatic rings. The van der Waals surface area contributed by atoms with Gasteiger partial charge in [-0.1, -0.05) is 57.9 Å². The second-order valence-corrected chi connectivity index (χ2v) is 11.3. The summed E-state index contributed by atoms with van der Waals surface area (Å²) in [4.78, 5) is 0. The Labute approximate surface area is 152 Å². The quantitative estimate of drug-likeness (QED) is 0.418. The number of rotatable bonds is 0. The minimum atomic E-state index is 0.394. The molecule has 0 radical (unpaired) electrons. The molecule has 1 heteroatoms. The van der Waals surface area contributed by atoms with E-state index < -0.39 is 0 Å². The Morgan fingerprint density at radius 1 is 1.00 bits per heavy atom. The Morgan fingerprint density at radius 2 is 1.75 bits per heavy atom. The lowest BCUT2D eigenvalue weighted by Crippen LogP contribution is -2.57. The van der Waals surface area contributed by atoms with Crippen LogP contribution in [0.15, 0.2) is 23.8 Å². The van der Waals surface area contributed by atoms with Gasteiger partial charge in [0.2, 0.25) is 0 Å². The van der Waals surface area contributed by atoms with Crippen molar-refractivity contribution in [3.8, 4) is 0 Å². The number of allylic oxidation sites excluding steroid dienone is 3. The summed E-state index contributed by atoms with van der Waals surface area (Å²) in [6, 6.07) is 0. The van der Waals surface area contributed by atoms with E-state index in [0.29, 0.717) is 21.7 Å². The molecule has 0 bridgehead atoms. The van der Waals surface area contributed by atoms with Crippen molar-refractivity contribution in [2.24, 2.45) is 27.6 Å². The summed E-state index contributed by atoms with van der Waals surface area (Å²) in [5, 5.41) is 0. The van der Waals surface area contributed by atoms with Crippen molar-refractivity contribution in [1.82, 2.24) is 0 Å². The standard InChI is InChI=1S/C23H37P/c1-16-9-13-21(3)17(15-16)10-14-22(4)18-7-8-19(24)20(18,2)11-6-12-23(21,22)5/h15,18-19H,1,6-14,24H2,2-5H3/t18-,19?,20?,21?,22?,23?/m1/s1. The number of hydrogen-bond acceptors (Lipinski definition) is 0. The second-order valence-electron chi connectivity index (χ2n) is 10.5. The maximum atomic E-state index is 4.29. The smallest absolute Gasteiger partial charge is 0.00509 e. The average Bonchev–Trinajstić information content (AvgIpc) is 2.77. The van der Waals surface area contributed by atoms with Crippen molar-refractivity contribution in [3.05, 3.63) is 23.8 Å². The van der Waals surface area contributed by atoms with Gasteiger partial charge in [-0.25, -0.2) is 0 Å². The molecule has 0 aromatic carbocycles. The van der Waals surface area contributed by atoms with Crippen molar-refractivity contribution in [1.29, 1.82) is 0 Å². The van der Waals surface area contributed by atoms with Gasteiger partial charge in [-0.15, -0.1) is 9.24 Å². The van der Waals surface area contributed by atoms with E-state index in [-0.39, 0.29) is 0 Å². The van der Waals surface area contributed by atoms with Crippen LogP contribution in [0.25, 0.3) is 0 Å². The molecule has 3 saturated carbocycles. The lowest BCUT2D eigenvalue weighted by Gasteiger charge is -2.65. The van der Waals surface area contributed by atoms with Gasteiger partial charge in [0.1, 0.15) is 0 Å². The molecule has 0 heterocycles. The maximum Gasteiger partial charge on any atom is -0.00509 e. The third-order valence-electron chi connectivity index (χ3n) is 10.00. The summed E-state index contributed by atoms with van der Waals surface area (Å²) in [6.07, 6.45) is 14.9. The van der Waals surface area contributed by atoms with Gasteiger partial charge < -0.3 is 0 Å². The Kier molecular flexibility index (Phi) is 3.77. The summed E-state index contributed by atoms with van der Waals surface area (Å²) in [5.41, 5.74) is 5.83. The Bertz CT molecular complexity index is 603. The van der Waals surface area contributed by atoms with Crippen molar-refractivity contribution in [3.63, 3.8) is 0 Å². The van der Waals surface area contributed by atoms with E-state index in [9.17, 15) is 0 Å². The van der Waals surface area contributed by atoms with Crippen LogP contribution in [-0.2, 0) is 0 Å². The van der Waals surface area contributed by atoms with E-state index in [0.717, 1.165) is 11.6 Å². The summed E-state index contributed by atoms with van der Waals surface area (Å²) in [6.45, 7) is 14.9. The van der Waals surface area contributed by atoms with Gasteiger partial charge in [-0.2, -0.15) is 0 Å². The molecule has 24 heavy (non-hydrogen) atoms. The predicted molar refractivity (Wildman–Crippen MR) is 108 cm³/mol. The first kappa shape index (κ1) is 17.3. The first-order valence-corrected chi connectivity index (χ1v) is 11.0.